The summed E-state index contributed by atoms with van der Waals surface area (Å²) in [6.07, 6.45) is 2.10. The lowest BCUT2D eigenvalue weighted by molar-refractivity contribution is 0.0622. The molecular weight excluding hydrogens is 299 g/mol. The van der Waals surface area contributed by atoms with Gasteiger partial charge in [-0.05, 0) is 47.7 Å². The third-order valence-corrected chi connectivity index (χ3v) is 4.06. The van der Waals surface area contributed by atoms with Crippen LogP contribution in [0.1, 0.15) is 19.8 Å². The second kappa shape index (κ2) is 5.89. The molecule has 1 aliphatic heterocycles. The number of nitrogens with two attached hydrogens (primary N) is 1. The summed E-state index contributed by atoms with van der Waals surface area (Å²) in [5, 5.41) is 3.37. The first kappa shape index (κ1) is 13.6. The third-order valence-electron chi connectivity index (χ3n) is 3.45. The Hall–Kier alpha value is -0.810. The van der Waals surface area contributed by atoms with Gasteiger partial charge in [0.15, 0.2) is 0 Å². The van der Waals surface area contributed by atoms with Crippen LogP contribution in [0.2, 0.25) is 0 Å². The summed E-state index contributed by atoms with van der Waals surface area (Å²) >= 11 is 3.18. The van der Waals surface area contributed by atoms with E-state index in [1.807, 2.05) is 0 Å². The van der Waals surface area contributed by atoms with Gasteiger partial charge in [0, 0.05) is 25.3 Å². The van der Waals surface area contributed by atoms with Crippen molar-refractivity contribution in [2.45, 2.75) is 25.8 Å². The minimum absolute atomic E-state index is 0.300. The van der Waals surface area contributed by atoms with Gasteiger partial charge in [0.2, 0.25) is 0 Å². The van der Waals surface area contributed by atoms with Crippen molar-refractivity contribution < 1.29 is 9.13 Å². The van der Waals surface area contributed by atoms with Crippen molar-refractivity contribution in [3.8, 4) is 0 Å². The van der Waals surface area contributed by atoms with Gasteiger partial charge in [-0.25, -0.2) is 4.39 Å². The predicted octanol–water partition coefficient (Wildman–Crippen LogP) is 3.40. The average molecular weight is 317 g/mol. The molecule has 0 amide bonds. The Bertz CT molecular complexity index is 422. The van der Waals surface area contributed by atoms with E-state index in [9.17, 15) is 4.39 Å². The van der Waals surface area contributed by atoms with Crippen molar-refractivity contribution in [2.24, 2.45) is 5.92 Å². The lowest BCUT2D eigenvalue weighted by atomic mass is 9.93. The van der Waals surface area contributed by atoms with E-state index >= 15 is 0 Å². The van der Waals surface area contributed by atoms with Gasteiger partial charge >= 0.3 is 0 Å². The van der Waals surface area contributed by atoms with Crippen LogP contribution in [0, 0.1) is 11.7 Å². The molecule has 0 aliphatic carbocycles. The Morgan fingerprint density at radius 2 is 2.11 bits per heavy atom. The number of nitrogens with one attached hydrogen (secondary N) is 1. The SMILES string of the molecule is CC(Nc1cc(Br)c(F)cc1N)C1CCOCC1. The second-order valence-electron chi connectivity index (χ2n) is 4.74. The Labute approximate surface area is 115 Å². The molecule has 1 heterocycles. The standard InChI is InChI=1S/C13H18BrFN2O/c1-8(9-2-4-18-5-3-9)17-13-6-10(14)11(15)7-12(13)16/h6-9,17H,2-5,16H2,1H3. The van der Waals surface area contributed by atoms with Crippen LogP contribution in [0.4, 0.5) is 15.8 Å². The Balaban J connectivity index is 2.06. The molecule has 1 unspecified atom stereocenters. The molecule has 0 saturated carbocycles. The topological polar surface area (TPSA) is 47.3 Å². The Kier molecular flexibility index (Phi) is 4.45. The monoisotopic (exact) mass is 316 g/mol. The van der Waals surface area contributed by atoms with Gasteiger partial charge in [-0.3, -0.25) is 0 Å². The summed E-state index contributed by atoms with van der Waals surface area (Å²) in [6, 6.07) is 3.33. The molecule has 1 atom stereocenters. The molecule has 100 valence electrons. The van der Waals surface area contributed by atoms with Crippen LogP contribution < -0.4 is 11.1 Å². The van der Waals surface area contributed by atoms with Crippen molar-refractivity contribution in [2.75, 3.05) is 24.3 Å². The molecule has 0 spiro atoms. The molecule has 0 radical (unpaired) electrons. The maximum atomic E-state index is 13.3. The Morgan fingerprint density at radius 1 is 1.44 bits per heavy atom. The number of nitrogen functional groups attached to an aromatic ring is 1. The van der Waals surface area contributed by atoms with Crippen LogP contribution in [0.15, 0.2) is 16.6 Å². The number of hydrogen-bond acceptors (Lipinski definition) is 3. The fraction of sp³-hybridized carbons (Fsp3) is 0.538. The largest absolute Gasteiger partial charge is 0.397 e. The first-order chi connectivity index (χ1) is 8.58. The molecule has 1 aliphatic rings. The van der Waals surface area contributed by atoms with Gasteiger partial charge in [-0.2, -0.15) is 0 Å². The number of halogens is 2. The van der Waals surface area contributed by atoms with E-state index in [2.05, 4.69) is 28.2 Å². The normalized spacial score (nSPS) is 18.6. The van der Waals surface area contributed by atoms with E-state index in [1.165, 1.54) is 6.07 Å². The Morgan fingerprint density at radius 3 is 2.78 bits per heavy atom. The predicted molar refractivity (Wildman–Crippen MR) is 75.1 cm³/mol. The summed E-state index contributed by atoms with van der Waals surface area (Å²) in [5.41, 5.74) is 7.04. The fourth-order valence-electron chi connectivity index (χ4n) is 2.27. The molecule has 1 fully saturated rings. The van der Waals surface area contributed by atoms with Crippen molar-refractivity contribution in [1.82, 2.24) is 0 Å². The first-order valence-corrected chi connectivity index (χ1v) is 6.96. The molecule has 2 rings (SSSR count). The molecule has 0 aromatic heterocycles. The molecule has 1 saturated heterocycles. The van der Waals surface area contributed by atoms with Gasteiger partial charge in [0.25, 0.3) is 0 Å². The number of benzene rings is 1. The summed E-state index contributed by atoms with van der Waals surface area (Å²) in [6.45, 7) is 3.77. The number of hydrogen-bond donors (Lipinski definition) is 2. The van der Waals surface area contributed by atoms with Crippen molar-refractivity contribution >= 4 is 27.3 Å². The number of anilines is 2. The van der Waals surface area contributed by atoms with E-state index in [-0.39, 0.29) is 5.82 Å². The molecule has 3 N–H and O–H groups in total. The highest BCUT2D eigenvalue weighted by atomic mass is 79.9. The molecule has 18 heavy (non-hydrogen) atoms. The van der Waals surface area contributed by atoms with E-state index < -0.39 is 0 Å². The third kappa shape index (κ3) is 3.14. The van der Waals surface area contributed by atoms with Crippen LogP contribution in [0.5, 0.6) is 0 Å². The maximum Gasteiger partial charge on any atom is 0.139 e. The molecule has 1 aromatic carbocycles. The second-order valence-corrected chi connectivity index (χ2v) is 5.59. The highest BCUT2D eigenvalue weighted by Gasteiger charge is 2.21. The minimum atomic E-state index is -0.336. The van der Waals surface area contributed by atoms with E-state index in [0.29, 0.717) is 22.1 Å². The van der Waals surface area contributed by atoms with Crippen LogP contribution >= 0.6 is 15.9 Å². The van der Waals surface area contributed by atoms with Gasteiger partial charge in [0.05, 0.1) is 15.8 Å². The average Bonchev–Trinajstić information content (AvgIpc) is 2.37. The summed E-state index contributed by atoms with van der Waals surface area (Å²) in [4.78, 5) is 0. The molecule has 1 aromatic rings. The van der Waals surface area contributed by atoms with Gasteiger partial charge in [-0.15, -0.1) is 0 Å². The van der Waals surface area contributed by atoms with E-state index in [1.54, 1.807) is 6.07 Å². The van der Waals surface area contributed by atoms with Crippen LogP contribution in [-0.4, -0.2) is 19.3 Å². The quantitative estimate of drug-likeness (QED) is 0.840. The van der Waals surface area contributed by atoms with Gasteiger partial charge in [-0.1, -0.05) is 0 Å². The van der Waals surface area contributed by atoms with E-state index in [0.717, 1.165) is 31.7 Å². The molecule has 0 bridgehead atoms. The molecular formula is C13H18BrFN2O. The van der Waals surface area contributed by atoms with E-state index in [4.69, 9.17) is 10.5 Å². The minimum Gasteiger partial charge on any atom is -0.397 e. The summed E-state index contributed by atoms with van der Waals surface area (Å²) < 4.78 is 19.1. The summed E-state index contributed by atoms with van der Waals surface area (Å²) in [5.74, 6) is 0.235. The lowest BCUT2D eigenvalue weighted by Crippen LogP contribution is -2.31. The van der Waals surface area contributed by atoms with Crippen molar-refractivity contribution in [3.05, 3.63) is 22.4 Å². The zero-order chi connectivity index (χ0) is 13.1. The van der Waals surface area contributed by atoms with Crippen LogP contribution in [0.3, 0.4) is 0 Å². The number of ether oxygens (including phenoxy) is 1. The maximum absolute atomic E-state index is 13.3. The van der Waals surface area contributed by atoms with Crippen LogP contribution in [0.25, 0.3) is 0 Å². The first-order valence-electron chi connectivity index (χ1n) is 6.16. The zero-order valence-electron chi connectivity index (χ0n) is 10.4. The lowest BCUT2D eigenvalue weighted by Gasteiger charge is -2.29. The molecule has 3 nitrogen and oxygen atoms in total. The summed E-state index contributed by atoms with van der Waals surface area (Å²) in [7, 11) is 0. The smallest absolute Gasteiger partial charge is 0.139 e. The van der Waals surface area contributed by atoms with Crippen molar-refractivity contribution in [1.29, 1.82) is 0 Å². The van der Waals surface area contributed by atoms with Gasteiger partial charge < -0.3 is 15.8 Å². The van der Waals surface area contributed by atoms with Gasteiger partial charge in [0.1, 0.15) is 5.82 Å². The number of rotatable bonds is 3. The highest BCUT2D eigenvalue weighted by Crippen LogP contribution is 2.29. The zero-order valence-corrected chi connectivity index (χ0v) is 12.0. The fourth-order valence-corrected chi connectivity index (χ4v) is 2.61. The van der Waals surface area contributed by atoms with Crippen molar-refractivity contribution in [3.63, 3.8) is 0 Å². The van der Waals surface area contributed by atoms with Crippen LogP contribution in [-0.2, 0) is 4.74 Å². The highest BCUT2D eigenvalue weighted by molar-refractivity contribution is 9.10. The molecule has 5 heteroatoms.